The predicted octanol–water partition coefficient (Wildman–Crippen LogP) is 0.888. The van der Waals surface area contributed by atoms with Crippen LogP contribution in [0.25, 0.3) is 0 Å². The summed E-state index contributed by atoms with van der Waals surface area (Å²) in [5.41, 5.74) is -1.76. The summed E-state index contributed by atoms with van der Waals surface area (Å²) < 4.78 is 38.2. The summed E-state index contributed by atoms with van der Waals surface area (Å²) in [6.07, 6.45) is -5.21. The quantitative estimate of drug-likeness (QED) is 0.347. The molecule has 0 spiro atoms. The second-order valence-electron chi connectivity index (χ2n) is 9.53. The predicted molar refractivity (Wildman–Crippen MR) is 110 cm³/mol. The molecule has 0 aliphatic carbocycles. The first-order valence-electron chi connectivity index (χ1n) is 9.94. The van der Waals surface area contributed by atoms with Crippen molar-refractivity contribution in [2.75, 3.05) is 13.7 Å². The molecule has 13 heteroatoms. The largest absolute Gasteiger partial charge is 0.472 e. The number of nitrogens with one attached hydrogen (secondary N) is 1. The lowest BCUT2D eigenvalue weighted by atomic mass is 9.93. The number of esters is 2. The van der Waals surface area contributed by atoms with Crippen LogP contribution in [0.4, 0.5) is 0 Å². The monoisotopic (exact) mass is 483 g/mol. The Hall–Kier alpha value is -1.56. The van der Waals surface area contributed by atoms with Gasteiger partial charge in [-0.3, -0.25) is 18.9 Å². The molecular weight excluding hydrogens is 449 g/mol. The van der Waals surface area contributed by atoms with Gasteiger partial charge in [0.1, 0.15) is 24.9 Å². The number of rotatable bonds is 7. The highest BCUT2D eigenvalue weighted by atomic mass is 31.2. The lowest BCUT2D eigenvalue weighted by Gasteiger charge is -2.45. The zero-order valence-electron chi connectivity index (χ0n) is 19.6. The third-order valence-electron chi connectivity index (χ3n) is 4.38. The van der Waals surface area contributed by atoms with Gasteiger partial charge in [-0.15, -0.1) is 0 Å². The summed E-state index contributed by atoms with van der Waals surface area (Å²) in [6.45, 7) is 10.5. The molecule has 0 aromatic carbocycles. The minimum Gasteiger partial charge on any atom is -0.462 e. The number of ether oxygens (including phenoxy) is 4. The Morgan fingerprint density at radius 1 is 1.00 bits per heavy atom. The third-order valence-corrected chi connectivity index (χ3v) is 4.86. The number of methoxy groups -OCH3 is 1. The van der Waals surface area contributed by atoms with Gasteiger partial charge in [-0.1, -0.05) is 0 Å². The lowest BCUT2D eigenvalue weighted by molar-refractivity contribution is -0.262. The molecule has 1 heterocycles. The van der Waals surface area contributed by atoms with Crippen molar-refractivity contribution >= 4 is 25.7 Å². The SMILES string of the molecule is CO[C@@H]1[C@H](OC(=O)C(C)(C)C)[C@@H](NC(C)=O)[C@@H](OP(=O)(O)O)O[C@@H]1COC(=O)C(C)(C)C. The van der Waals surface area contributed by atoms with Crippen molar-refractivity contribution in [3.05, 3.63) is 0 Å². The van der Waals surface area contributed by atoms with Crippen LogP contribution in [0.15, 0.2) is 0 Å². The molecule has 1 fully saturated rings. The van der Waals surface area contributed by atoms with E-state index in [1.807, 2.05) is 0 Å². The molecule has 1 aliphatic rings. The van der Waals surface area contributed by atoms with Crippen molar-refractivity contribution in [3.63, 3.8) is 0 Å². The van der Waals surface area contributed by atoms with E-state index in [2.05, 4.69) is 5.32 Å². The first-order chi connectivity index (χ1) is 14.4. The average Bonchev–Trinajstić information content (AvgIpc) is 2.59. The summed E-state index contributed by atoms with van der Waals surface area (Å²) >= 11 is 0. The average molecular weight is 483 g/mol. The van der Waals surface area contributed by atoms with Crippen LogP contribution < -0.4 is 5.32 Å². The molecule has 12 nitrogen and oxygen atoms in total. The minimum atomic E-state index is -5.09. The number of carbonyl (C=O) groups is 3. The molecule has 3 N–H and O–H groups in total. The molecular formula is C19H34NO11P. The Labute approximate surface area is 187 Å². The van der Waals surface area contributed by atoms with Gasteiger partial charge in [-0.05, 0) is 41.5 Å². The molecule has 0 unspecified atom stereocenters. The van der Waals surface area contributed by atoms with E-state index in [9.17, 15) is 28.7 Å². The fourth-order valence-corrected chi connectivity index (χ4v) is 3.20. The van der Waals surface area contributed by atoms with Gasteiger partial charge in [0.2, 0.25) is 5.91 Å². The van der Waals surface area contributed by atoms with Crippen molar-refractivity contribution in [1.82, 2.24) is 5.32 Å². The van der Waals surface area contributed by atoms with Crippen molar-refractivity contribution < 1.29 is 52.2 Å². The Morgan fingerprint density at radius 2 is 1.53 bits per heavy atom. The highest BCUT2D eigenvalue weighted by Gasteiger charge is 2.52. The summed E-state index contributed by atoms with van der Waals surface area (Å²) in [5.74, 6) is -1.82. The molecule has 32 heavy (non-hydrogen) atoms. The Balaban J connectivity index is 3.35. The van der Waals surface area contributed by atoms with Crippen LogP contribution in [0.3, 0.4) is 0 Å². The topological polar surface area (TPSA) is 167 Å². The van der Waals surface area contributed by atoms with Crippen molar-refractivity contribution in [3.8, 4) is 0 Å². The van der Waals surface area contributed by atoms with E-state index in [0.717, 1.165) is 6.92 Å². The Morgan fingerprint density at radius 3 is 1.94 bits per heavy atom. The first kappa shape index (κ1) is 28.5. The fraction of sp³-hybridized carbons (Fsp3) is 0.842. The van der Waals surface area contributed by atoms with E-state index in [4.69, 9.17) is 23.5 Å². The van der Waals surface area contributed by atoms with E-state index in [1.165, 1.54) is 7.11 Å². The van der Waals surface area contributed by atoms with E-state index < -0.39 is 67.1 Å². The van der Waals surface area contributed by atoms with E-state index in [1.54, 1.807) is 41.5 Å². The maximum Gasteiger partial charge on any atom is 0.472 e. The van der Waals surface area contributed by atoms with Gasteiger partial charge in [-0.2, -0.15) is 0 Å². The highest BCUT2D eigenvalue weighted by Crippen LogP contribution is 2.41. The molecule has 1 amide bonds. The van der Waals surface area contributed by atoms with Crippen LogP contribution in [0, 0.1) is 10.8 Å². The summed E-state index contributed by atoms with van der Waals surface area (Å²) in [4.78, 5) is 55.2. The van der Waals surface area contributed by atoms with Crippen molar-refractivity contribution in [2.45, 2.75) is 79.1 Å². The van der Waals surface area contributed by atoms with Gasteiger partial charge in [0.05, 0.1) is 10.8 Å². The van der Waals surface area contributed by atoms with Crippen molar-refractivity contribution in [1.29, 1.82) is 0 Å². The smallest absolute Gasteiger partial charge is 0.462 e. The molecule has 0 aromatic heterocycles. The highest BCUT2D eigenvalue weighted by molar-refractivity contribution is 7.46. The van der Waals surface area contributed by atoms with E-state index in [-0.39, 0.29) is 6.61 Å². The number of carbonyl (C=O) groups excluding carboxylic acids is 3. The van der Waals surface area contributed by atoms with Crippen molar-refractivity contribution in [2.24, 2.45) is 10.8 Å². The fourth-order valence-electron chi connectivity index (χ4n) is 2.75. The molecule has 0 saturated carbocycles. The van der Waals surface area contributed by atoms with Gasteiger partial charge in [0, 0.05) is 14.0 Å². The second-order valence-corrected chi connectivity index (χ2v) is 10.7. The van der Waals surface area contributed by atoms with Crippen LogP contribution in [0.5, 0.6) is 0 Å². The molecule has 5 atom stereocenters. The van der Waals surface area contributed by atoms with Gasteiger partial charge in [0.15, 0.2) is 12.4 Å². The van der Waals surface area contributed by atoms with E-state index >= 15 is 0 Å². The lowest BCUT2D eigenvalue weighted by Crippen LogP contribution is -2.66. The van der Waals surface area contributed by atoms with Crippen LogP contribution >= 0.6 is 7.82 Å². The zero-order chi connectivity index (χ0) is 25.1. The number of phosphoric ester groups is 1. The number of amides is 1. The summed E-state index contributed by atoms with van der Waals surface area (Å²) in [7, 11) is -3.80. The van der Waals surface area contributed by atoms with Crippen LogP contribution in [-0.4, -0.2) is 72.0 Å². The van der Waals surface area contributed by atoms with Gasteiger partial charge < -0.3 is 34.1 Å². The normalized spacial score (nSPS) is 26.9. The Bertz CT molecular complexity index is 737. The first-order valence-corrected chi connectivity index (χ1v) is 11.5. The number of hydrogen-bond acceptors (Lipinski definition) is 9. The van der Waals surface area contributed by atoms with E-state index in [0.29, 0.717) is 0 Å². The zero-order valence-corrected chi connectivity index (χ0v) is 20.5. The van der Waals surface area contributed by atoms with Gasteiger partial charge in [-0.25, -0.2) is 4.57 Å². The van der Waals surface area contributed by atoms with Crippen LogP contribution in [0.2, 0.25) is 0 Å². The Kier molecular flexibility index (Phi) is 9.41. The third kappa shape index (κ3) is 8.42. The molecule has 1 rings (SSSR count). The molecule has 0 radical (unpaired) electrons. The molecule has 186 valence electrons. The maximum absolute atomic E-state index is 12.6. The van der Waals surface area contributed by atoms with Crippen LogP contribution in [0.1, 0.15) is 48.5 Å². The van der Waals surface area contributed by atoms with Crippen LogP contribution in [-0.2, 0) is 42.4 Å². The molecule has 0 aromatic rings. The minimum absolute atomic E-state index is 0.383. The molecule has 0 bridgehead atoms. The molecule has 1 aliphatic heterocycles. The summed E-state index contributed by atoms with van der Waals surface area (Å²) in [5, 5.41) is 2.44. The van der Waals surface area contributed by atoms with Gasteiger partial charge in [0.25, 0.3) is 0 Å². The number of hydrogen-bond donors (Lipinski definition) is 3. The summed E-state index contributed by atoms with van der Waals surface area (Å²) in [6, 6.07) is -1.33. The standard InChI is InChI=1S/C19H34NO11P/c1-10(21)20-12-14(30-17(23)19(5,6)7)13(27-8)11(9-28-16(22)18(2,3)4)29-15(12)31-32(24,25)26/h11-15H,9H2,1-8H3,(H,20,21)(H2,24,25,26)/t11-,12-,13+,14-,15-/m1/s1. The molecule has 1 saturated heterocycles. The second kappa shape index (κ2) is 10.6. The maximum atomic E-state index is 12.6. The number of phosphoric acid groups is 1. The van der Waals surface area contributed by atoms with Gasteiger partial charge >= 0.3 is 19.8 Å².